The minimum absolute atomic E-state index is 0.192. The molecule has 0 saturated heterocycles. The smallest absolute Gasteiger partial charge is 0.257 e. The van der Waals surface area contributed by atoms with Crippen LogP contribution in [-0.2, 0) is 6.54 Å². The number of para-hydroxylation sites is 1. The number of halogens is 2. The zero-order valence-corrected chi connectivity index (χ0v) is 13.7. The van der Waals surface area contributed by atoms with Gasteiger partial charge in [-0.1, -0.05) is 47.5 Å². The molecule has 6 heteroatoms. The summed E-state index contributed by atoms with van der Waals surface area (Å²) >= 11 is 12.2. The molecule has 0 radical (unpaired) electrons. The van der Waals surface area contributed by atoms with Crippen LogP contribution < -0.4 is 4.74 Å². The third kappa shape index (κ3) is 2.52. The quantitative estimate of drug-likeness (QED) is 0.835. The van der Waals surface area contributed by atoms with E-state index in [9.17, 15) is 10.1 Å². The SMILES string of the molecule is COc1ccccc1CN1C(=O)c2c(ccc(Cl)c2Cl)C1C#N. The fourth-order valence-electron chi connectivity index (χ4n) is 2.76. The van der Waals surface area contributed by atoms with Gasteiger partial charge in [-0.2, -0.15) is 5.26 Å². The molecule has 0 bridgehead atoms. The highest BCUT2D eigenvalue weighted by atomic mass is 35.5. The monoisotopic (exact) mass is 346 g/mol. The van der Waals surface area contributed by atoms with Crippen LogP contribution in [0.1, 0.15) is 27.5 Å². The second kappa shape index (κ2) is 6.11. The molecule has 1 aliphatic rings. The van der Waals surface area contributed by atoms with Crippen LogP contribution in [0.2, 0.25) is 10.0 Å². The highest BCUT2D eigenvalue weighted by Gasteiger charge is 2.39. The average Bonchev–Trinajstić information content (AvgIpc) is 2.84. The van der Waals surface area contributed by atoms with Crippen molar-refractivity contribution < 1.29 is 9.53 Å². The van der Waals surface area contributed by atoms with Crippen LogP contribution in [-0.4, -0.2) is 17.9 Å². The molecule has 4 nitrogen and oxygen atoms in total. The lowest BCUT2D eigenvalue weighted by molar-refractivity contribution is 0.0743. The fourth-order valence-corrected chi connectivity index (χ4v) is 3.17. The molecule has 0 aromatic heterocycles. The normalized spacial score (nSPS) is 16.2. The summed E-state index contributed by atoms with van der Waals surface area (Å²) in [5.74, 6) is 0.363. The van der Waals surface area contributed by atoms with E-state index >= 15 is 0 Å². The molecule has 23 heavy (non-hydrogen) atoms. The van der Waals surface area contributed by atoms with Gasteiger partial charge in [-0.15, -0.1) is 0 Å². The van der Waals surface area contributed by atoms with Gasteiger partial charge < -0.3 is 9.64 Å². The van der Waals surface area contributed by atoms with Crippen molar-refractivity contribution in [1.82, 2.24) is 4.90 Å². The Bertz CT molecular complexity index is 830. The number of carbonyl (C=O) groups is 1. The summed E-state index contributed by atoms with van der Waals surface area (Å²) in [6.07, 6.45) is 0. The number of methoxy groups -OCH3 is 1. The molecule has 1 heterocycles. The number of amides is 1. The lowest BCUT2D eigenvalue weighted by atomic mass is 10.1. The van der Waals surface area contributed by atoms with Crippen molar-refractivity contribution in [3.63, 3.8) is 0 Å². The van der Waals surface area contributed by atoms with Gasteiger partial charge in [0, 0.05) is 11.1 Å². The fraction of sp³-hybridized carbons (Fsp3) is 0.176. The first-order valence-electron chi connectivity index (χ1n) is 6.89. The summed E-state index contributed by atoms with van der Waals surface area (Å²) < 4.78 is 5.31. The van der Waals surface area contributed by atoms with Crippen molar-refractivity contribution in [3.05, 3.63) is 63.1 Å². The Balaban J connectivity index is 2.03. The Hall–Kier alpha value is -2.22. The summed E-state index contributed by atoms with van der Waals surface area (Å²) in [7, 11) is 1.57. The van der Waals surface area contributed by atoms with Crippen molar-refractivity contribution in [2.45, 2.75) is 12.6 Å². The predicted molar refractivity (Wildman–Crippen MR) is 87.7 cm³/mol. The molecule has 2 aromatic rings. The molecule has 2 aromatic carbocycles. The summed E-state index contributed by atoms with van der Waals surface area (Å²) in [6, 6.07) is 12.1. The molecular weight excluding hydrogens is 335 g/mol. The molecular formula is C17H12Cl2N2O2. The van der Waals surface area contributed by atoms with Crippen LogP contribution in [0, 0.1) is 11.3 Å². The number of nitrogens with zero attached hydrogens (tertiary/aromatic N) is 2. The van der Waals surface area contributed by atoms with E-state index in [0.717, 1.165) is 5.56 Å². The van der Waals surface area contributed by atoms with Gasteiger partial charge in [0.05, 0.1) is 35.3 Å². The first-order chi connectivity index (χ1) is 11.1. The Morgan fingerprint density at radius 3 is 2.70 bits per heavy atom. The molecule has 1 unspecified atom stereocenters. The molecule has 116 valence electrons. The molecule has 1 amide bonds. The van der Waals surface area contributed by atoms with Gasteiger partial charge in [-0.3, -0.25) is 4.79 Å². The maximum absolute atomic E-state index is 12.7. The van der Waals surface area contributed by atoms with Gasteiger partial charge in [-0.25, -0.2) is 0 Å². The molecule has 1 atom stereocenters. The van der Waals surface area contributed by atoms with E-state index in [-0.39, 0.29) is 17.5 Å². The van der Waals surface area contributed by atoms with E-state index in [1.807, 2.05) is 24.3 Å². The number of hydrogen-bond acceptors (Lipinski definition) is 3. The number of nitriles is 1. The number of fused-ring (bicyclic) bond motifs is 1. The molecule has 0 N–H and O–H groups in total. The zero-order chi connectivity index (χ0) is 16.6. The first kappa shape index (κ1) is 15.7. The van der Waals surface area contributed by atoms with Crippen molar-refractivity contribution in [2.75, 3.05) is 7.11 Å². The van der Waals surface area contributed by atoms with Crippen LogP contribution in [0.15, 0.2) is 36.4 Å². The minimum Gasteiger partial charge on any atom is -0.496 e. The van der Waals surface area contributed by atoms with E-state index in [4.69, 9.17) is 27.9 Å². The Labute approximate surface area is 143 Å². The molecule has 0 saturated carbocycles. The largest absolute Gasteiger partial charge is 0.496 e. The van der Waals surface area contributed by atoms with Crippen molar-refractivity contribution in [1.29, 1.82) is 5.26 Å². The van der Waals surface area contributed by atoms with E-state index in [2.05, 4.69) is 6.07 Å². The zero-order valence-electron chi connectivity index (χ0n) is 12.2. The van der Waals surface area contributed by atoms with Crippen molar-refractivity contribution in [2.24, 2.45) is 0 Å². The number of ether oxygens (including phenoxy) is 1. The number of hydrogen-bond donors (Lipinski definition) is 0. The lowest BCUT2D eigenvalue weighted by Crippen LogP contribution is -2.27. The van der Waals surface area contributed by atoms with Crippen LogP contribution in [0.4, 0.5) is 0 Å². The van der Waals surface area contributed by atoms with Crippen molar-refractivity contribution in [3.8, 4) is 11.8 Å². The third-order valence-corrected chi connectivity index (χ3v) is 4.67. The van der Waals surface area contributed by atoms with Gasteiger partial charge in [-0.05, 0) is 12.1 Å². The number of benzene rings is 2. The van der Waals surface area contributed by atoms with Crippen LogP contribution in [0.3, 0.4) is 0 Å². The van der Waals surface area contributed by atoms with Gasteiger partial charge in [0.15, 0.2) is 0 Å². The van der Waals surface area contributed by atoms with Gasteiger partial charge in [0.2, 0.25) is 0 Å². The predicted octanol–water partition coefficient (Wildman–Crippen LogP) is 4.22. The second-order valence-corrected chi connectivity index (χ2v) is 5.89. The molecule has 3 rings (SSSR count). The molecule has 0 spiro atoms. The lowest BCUT2D eigenvalue weighted by Gasteiger charge is -2.21. The van der Waals surface area contributed by atoms with E-state index in [1.54, 1.807) is 19.2 Å². The minimum atomic E-state index is -0.697. The summed E-state index contributed by atoms with van der Waals surface area (Å²) in [5.41, 5.74) is 1.71. The summed E-state index contributed by atoms with van der Waals surface area (Å²) in [6.45, 7) is 0.254. The number of carbonyl (C=O) groups excluding carboxylic acids is 1. The highest BCUT2D eigenvalue weighted by molar-refractivity contribution is 6.44. The Morgan fingerprint density at radius 2 is 2.00 bits per heavy atom. The van der Waals surface area contributed by atoms with Crippen LogP contribution in [0.25, 0.3) is 0 Å². The molecule has 1 aliphatic heterocycles. The van der Waals surface area contributed by atoms with Crippen LogP contribution >= 0.6 is 23.2 Å². The summed E-state index contributed by atoms with van der Waals surface area (Å²) in [4.78, 5) is 14.2. The van der Waals surface area contributed by atoms with Crippen molar-refractivity contribution >= 4 is 29.1 Å². The topological polar surface area (TPSA) is 53.3 Å². The third-order valence-electron chi connectivity index (χ3n) is 3.86. The van der Waals surface area contributed by atoms with E-state index in [0.29, 0.717) is 21.9 Å². The highest BCUT2D eigenvalue weighted by Crippen LogP contribution is 2.41. The van der Waals surface area contributed by atoms with Gasteiger partial charge in [0.1, 0.15) is 11.8 Å². The Morgan fingerprint density at radius 1 is 1.26 bits per heavy atom. The Kier molecular flexibility index (Phi) is 4.16. The first-order valence-corrected chi connectivity index (χ1v) is 7.64. The van der Waals surface area contributed by atoms with E-state index in [1.165, 1.54) is 4.90 Å². The molecule has 0 fully saturated rings. The summed E-state index contributed by atoms with van der Waals surface area (Å²) in [5, 5.41) is 10.0. The van der Waals surface area contributed by atoms with Crippen LogP contribution in [0.5, 0.6) is 5.75 Å². The maximum atomic E-state index is 12.7. The van der Waals surface area contributed by atoms with E-state index < -0.39 is 6.04 Å². The van der Waals surface area contributed by atoms with Gasteiger partial charge in [0.25, 0.3) is 5.91 Å². The van der Waals surface area contributed by atoms with Gasteiger partial charge >= 0.3 is 0 Å². The molecule has 0 aliphatic carbocycles. The maximum Gasteiger partial charge on any atom is 0.257 e. The number of rotatable bonds is 3. The second-order valence-electron chi connectivity index (χ2n) is 5.10. The standard InChI is InChI=1S/C17H12Cl2N2O2/c1-23-14-5-3-2-4-10(14)9-21-13(8-20)11-6-7-12(18)16(19)15(11)17(21)22/h2-7,13H,9H2,1H3. The average molecular weight is 347 g/mol.